The fourth-order valence-corrected chi connectivity index (χ4v) is 3.54. The largest absolute Gasteiger partial charge is 0.298 e. The Morgan fingerprint density at radius 2 is 2.09 bits per heavy atom. The molecule has 1 N–H and O–H groups in total. The first kappa shape index (κ1) is 15.6. The molecule has 0 fully saturated rings. The van der Waals surface area contributed by atoms with E-state index in [4.69, 9.17) is 0 Å². The second-order valence-electron chi connectivity index (χ2n) is 4.84. The predicted octanol–water partition coefficient (Wildman–Crippen LogP) is 4.53. The third-order valence-electron chi connectivity index (χ3n) is 3.23. The number of nitrogens with zero attached hydrogens (tertiary/aromatic N) is 2. The van der Waals surface area contributed by atoms with Crippen LogP contribution in [0.2, 0.25) is 0 Å². The molecule has 0 aliphatic heterocycles. The van der Waals surface area contributed by atoms with E-state index in [1.54, 1.807) is 6.92 Å². The number of fused-ring (bicyclic) bond motifs is 1. The number of nitrogens with one attached hydrogen (secondary N) is 1. The van der Waals surface area contributed by atoms with E-state index in [2.05, 4.69) is 26.2 Å². The summed E-state index contributed by atoms with van der Waals surface area (Å²) in [6, 6.07) is 9.94. The van der Waals surface area contributed by atoms with Gasteiger partial charge >= 0.3 is 0 Å². The second kappa shape index (κ2) is 6.05. The van der Waals surface area contributed by atoms with E-state index in [0.29, 0.717) is 16.3 Å². The molecule has 6 nitrogen and oxygen atoms in total. The lowest BCUT2D eigenvalue weighted by Gasteiger charge is -2.03. The van der Waals surface area contributed by atoms with E-state index in [1.807, 2.05) is 18.2 Å². The van der Waals surface area contributed by atoms with Gasteiger partial charge in [0, 0.05) is 21.7 Å². The molecule has 0 radical (unpaired) electrons. The van der Waals surface area contributed by atoms with E-state index in [0.717, 1.165) is 14.7 Å². The summed E-state index contributed by atoms with van der Waals surface area (Å²) in [6.45, 7) is 1.60. The number of nitro groups is 1. The Balaban J connectivity index is 1.85. The van der Waals surface area contributed by atoms with Crippen LogP contribution >= 0.6 is 27.3 Å². The van der Waals surface area contributed by atoms with Crippen LogP contribution in [0, 0.1) is 17.0 Å². The van der Waals surface area contributed by atoms with Crippen molar-refractivity contribution in [3.63, 3.8) is 0 Å². The summed E-state index contributed by atoms with van der Waals surface area (Å²) in [5.41, 5.74) is 1.59. The van der Waals surface area contributed by atoms with E-state index < -0.39 is 4.92 Å². The molecule has 1 heterocycles. The minimum Gasteiger partial charge on any atom is -0.298 e. The van der Waals surface area contributed by atoms with Crippen molar-refractivity contribution in [3.05, 3.63) is 62.1 Å². The summed E-state index contributed by atoms with van der Waals surface area (Å²) >= 11 is 4.76. The average Bonchev–Trinajstić information content (AvgIpc) is 2.87. The minimum absolute atomic E-state index is 0.00797. The standard InChI is InChI=1S/C15H10BrN3O3S/c1-8-6-9(2-5-12(8)19(21)22)14(20)18-15-17-11-4-3-10(16)7-13(11)23-15/h2-7H,1H3,(H,17,18,20). The smallest absolute Gasteiger partial charge is 0.272 e. The molecule has 3 rings (SSSR count). The van der Waals surface area contributed by atoms with Crippen molar-refractivity contribution in [2.75, 3.05) is 5.32 Å². The number of aromatic nitrogens is 1. The maximum Gasteiger partial charge on any atom is 0.272 e. The van der Waals surface area contributed by atoms with Crippen molar-refractivity contribution < 1.29 is 9.72 Å². The number of hydrogen-bond donors (Lipinski definition) is 1. The molecule has 0 bridgehead atoms. The Labute approximate surface area is 143 Å². The van der Waals surface area contributed by atoms with Gasteiger partial charge in [-0.15, -0.1) is 0 Å². The van der Waals surface area contributed by atoms with Crippen LogP contribution in [0.1, 0.15) is 15.9 Å². The van der Waals surface area contributed by atoms with Crippen molar-refractivity contribution in [2.24, 2.45) is 0 Å². The highest BCUT2D eigenvalue weighted by Crippen LogP contribution is 2.29. The molecule has 0 spiro atoms. The first-order valence-electron chi connectivity index (χ1n) is 6.56. The number of nitro benzene ring substituents is 1. The molecule has 0 unspecified atom stereocenters. The highest BCUT2D eigenvalue weighted by Gasteiger charge is 2.15. The molecule has 1 aromatic heterocycles. The lowest BCUT2D eigenvalue weighted by molar-refractivity contribution is -0.385. The normalized spacial score (nSPS) is 10.7. The van der Waals surface area contributed by atoms with Gasteiger partial charge in [-0.25, -0.2) is 4.98 Å². The zero-order valence-electron chi connectivity index (χ0n) is 11.9. The SMILES string of the molecule is Cc1cc(C(=O)Nc2nc3ccc(Br)cc3s2)ccc1[N+](=O)[O-]. The fraction of sp³-hybridized carbons (Fsp3) is 0.0667. The number of carbonyl (C=O) groups is 1. The second-order valence-corrected chi connectivity index (χ2v) is 6.79. The molecule has 0 saturated heterocycles. The Kier molecular flexibility index (Phi) is 4.10. The molecular formula is C15H10BrN3O3S. The summed E-state index contributed by atoms with van der Waals surface area (Å²) in [4.78, 5) is 27.0. The monoisotopic (exact) mass is 391 g/mol. The lowest BCUT2D eigenvalue weighted by Crippen LogP contribution is -2.12. The van der Waals surface area contributed by atoms with Gasteiger partial charge in [0.2, 0.25) is 0 Å². The van der Waals surface area contributed by atoms with Crippen LogP contribution in [0.3, 0.4) is 0 Å². The third-order valence-corrected chi connectivity index (χ3v) is 4.65. The topological polar surface area (TPSA) is 85.1 Å². The number of anilines is 1. The van der Waals surface area contributed by atoms with Gasteiger partial charge in [0.25, 0.3) is 11.6 Å². The Hall–Kier alpha value is -2.32. The van der Waals surface area contributed by atoms with Gasteiger partial charge in [0.1, 0.15) is 0 Å². The minimum atomic E-state index is -0.470. The number of aryl methyl sites for hydroxylation is 1. The van der Waals surface area contributed by atoms with E-state index in [9.17, 15) is 14.9 Å². The first-order chi connectivity index (χ1) is 10.9. The molecule has 1 amide bonds. The number of hydrogen-bond acceptors (Lipinski definition) is 5. The van der Waals surface area contributed by atoms with E-state index in [-0.39, 0.29) is 11.6 Å². The maximum atomic E-state index is 12.3. The predicted molar refractivity (Wildman–Crippen MR) is 93.1 cm³/mol. The van der Waals surface area contributed by atoms with Gasteiger partial charge in [-0.2, -0.15) is 0 Å². The quantitative estimate of drug-likeness (QED) is 0.524. The van der Waals surface area contributed by atoms with Crippen LogP contribution in [-0.2, 0) is 0 Å². The molecule has 2 aromatic carbocycles. The van der Waals surface area contributed by atoms with Gasteiger partial charge in [0.05, 0.1) is 15.1 Å². The number of benzene rings is 2. The first-order valence-corrected chi connectivity index (χ1v) is 8.17. The summed E-state index contributed by atoms with van der Waals surface area (Å²) in [6.07, 6.45) is 0. The highest BCUT2D eigenvalue weighted by molar-refractivity contribution is 9.10. The summed E-state index contributed by atoms with van der Waals surface area (Å²) < 4.78 is 1.90. The van der Waals surface area contributed by atoms with Gasteiger partial charge in [-0.3, -0.25) is 20.2 Å². The van der Waals surface area contributed by atoms with Crippen molar-refractivity contribution in [3.8, 4) is 0 Å². The number of carbonyl (C=O) groups excluding carboxylic acids is 1. The Bertz CT molecular complexity index is 939. The molecule has 0 aliphatic carbocycles. The molecule has 116 valence electrons. The Morgan fingerprint density at radius 1 is 1.30 bits per heavy atom. The van der Waals surface area contributed by atoms with Crippen LogP contribution in [0.4, 0.5) is 10.8 Å². The van der Waals surface area contributed by atoms with Crippen molar-refractivity contribution >= 4 is 54.2 Å². The zero-order chi connectivity index (χ0) is 16.6. The van der Waals surface area contributed by atoms with E-state index in [1.165, 1.54) is 29.5 Å². The number of amides is 1. The summed E-state index contributed by atoms with van der Waals surface area (Å²) in [5.74, 6) is -0.346. The molecule has 3 aromatic rings. The summed E-state index contributed by atoms with van der Waals surface area (Å²) in [5, 5.41) is 14.0. The van der Waals surface area contributed by atoms with E-state index >= 15 is 0 Å². The summed E-state index contributed by atoms with van der Waals surface area (Å²) in [7, 11) is 0. The molecule has 8 heteroatoms. The fourth-order valence-electron chi connectivity index (χ4n) is 2.12. The van der Waals surface area contributed by atoms with Gasteiger partial charge < -0.3 is 0 Å². The molecule has 23 heavy (non-hydrogen) atoms. The number of rotatable bonds is 3. The highest BCUT2D eigenvalue weighted by atomic mass is 79.9. The molecular weight excluding hydrogens is 382 g/mol. The van der Waals surface area contributed by atoms with Crippen molar-refractivity contribution in [1.82, 2.24) is 4.98 Å². The van der Waals surface area contributed by atoms with Crippen LogP contribution in [0.25, 0.3) is 10.2 Å². The Morgan fingerprint density at radius 3 is 2.78 bits per heavy atom. The molecule has 0 atom stereocenters. The van der Waals surface area contributed by atoms with Crippen molar-refractivity contribution in [1.29, 1.82) is 0 Å². The molecule has 0 aliphatic rings. The number of thiazole rings is 1. The third kappa shape index (κ3) is 3.22. The zero-order valence-corrected chi connectivity index (χ0v) is 14.3. The van der Waals surface area contributed by atoms with Crippen LogP contribution in [-0.4, -0.2) is 15.8 Å². The number of halogens is 1. The molecule has 0 saturated carbocycles. The van der Waals surface area contributed by atoms with Crippen molar-refractivity contribution in [2.45, 2.75) is 6.92 Å². The van der Waals surface area contributed by atoms with Crippen LogP contribution in [0.15, 0.2) is 40.9 Å². The van der Waals surface area contributed by atoms with Gasteiger partial charge in [-0.1, -0.05) is 27.3 Å². The maximum absolute atomic E-state index is 12.3. The average molecular weight is 392 g/mol. The van der Waals surface area contributed by atoms with Gasteiger partial charge in [0.15, 0.2) is 5.13 Å². The lowest BCUT2D eigenvalue weighted by atomic mass is 10.1. The van der Waals surface area contributed by atoms with Crippen LogP contribution in [0.5, 0.6) is 0 Å². The van der Waals surface area contributed by atoms with Gasteiger partial charge in [-0.05, 0) is 37.3 Å². The van der Waals surface area contributed by atoms with Crippen LogP contribution < -0.4 is 5.32 Å².